The van der Waals surface area contributed by atoms with Crippen LogP contribution < -0.4 is 15.0 Å². The Morgan fingerprint density at radius 2 is 0.917 bits per heavy atom. The number of nitriles is 1. The van der Waals surface area contributed by atoms with E-state index in [1.165, 1.54) is 37.5 Å². The van der Waals surface area contributed by atoms with Gasteiger partial charge in [-0.1, -0.05) is 110 Å². The molecule has 0 unspecified atom stereocenters. The topological polar surface area (TPSA) is 30.3 Å². The lowest BCUT2D eigenvalue weighted by Crippen LogP contribution is -2.37. The van der Waals surface area contributed by atoms with Crippen molar-refractivity contribution in [1.82, 2.24) is 0 Å². The normalized spacial score (nSPS) is 11.6. The lowest BCUT2D eigenvalue weighted by atomic mass is 9.91. The van der Waals surface area contributed by atoms with Crippen LogP contribution in [-0.4, -0.2) is 8.07 Å². The molecule has 230 valence electrons. The first-order chi connectivity index (χ1) is 23.4. The Bertz CT molecular complexity index is 2400. The molecule has 0 heterocycles. The van der Waals surface area contributed by atoms with Gasteiger partial charge in [0.15, 0.2) is 0 Å². The first-order valence-electron chi connectivity index (χ1n) is 16.4. The molecule has 0 saturated heterocycles. The summed E-state index contributed by atoms with van der Waals surface area (Å²) >= 11 is 0. The molecule has 0 aromatic heterocycles. The lowest BCUT2D eigenvalue weighted by molar-refractivity contribution is 1.30. The van der Waals surface area contributed by atoms with E-state index in [9.17, 15) is 5.26 Å². The molecule has 0 bridgehead atoms. The monoisotopic (exact) mass is 633 g/mol. The molecule has 48 heavy (non-hydrogen) atoms. The largest absolute Gasteiger partial charge is 0.310 e. The van der Waals surface area contributed by atoms with Crippen LogP contribution >= 0.6 is 0 Å². The fourth-order valence-electron chi connectivity index (χ4n) is 6.97. The molecule has 0 radical (unpaired) electrons. The second kappa shape index (κ2) is 11.7. The summed E-state index contributed by atoms with van der Waals surface area (Å²) in [6.45, 7) is 7.17. The maximum Gasteiger partial charge on any atom is 0.0991 e. The van der Waals surface area contributed by atoms with Crippen molar-refractivity contribution in [1.29, 1.82) is 5.26 Å². The smallest absolute Gasteiger partial charge is 0.0991 e. The summed E-state index contributed by atoms with van der Waals surface area (Å²) in [7, 11) is -1.58. The first kappa shape index (κ1) is 29.5. The van der Waals surface area contributed by atoms with E-state index in [2.05, 4.69) is 181 Å². The van der Waals surface area contributed by atoms with Crippen molar-refractivity contribution in [2.45, 2.75) is 19.6 Å². The molecule has 0 fully saturated rings. The Labute approximate surface area is 282 Å². The summed E-state index contributed by atoms with van der Waals surface area (Å²) in [5, 5.41) is 18.3. The van der Waals surface area contributed by atoms with Gasteiger partial charge in [0.05, 0.1) is 31.1 Å². The number of benzene rings is 8. The second-order valence-corrected chi connectivity index (χ2v) is 18.5. The van der Waals surface area contributed by atoms with Gasteiger partial charge in [0, 0.05) is 33.5 Å². The van der Waals surface area contributed by atoms with Gasteiger partial charge in [0.25, 0.3) is 0 Å². The molecular formula is C44H35N3Si. The highest BCUT2D eigenvalue weighted by Gasteiger charge is 2.23. The number of rotatable bonds is 7. The number of hydrogen-bond acceptors (Lipinski definition) is 3. The Kier molecular flexibility index (Phi) is 7.21. The van der Waals surface area contributed by atoms with E-state index in [-0.39, 0.29) is 0 Å². The van der Waals surface area contributed by atoms with Crippen molar-refractivity contribution >= 4 is 79.7 Å². The summed E-state index contributed by atoms with van der Waals surface area (Å²) in [6, 6.07) is 58.6. The molecule has 0 atom stereocenters. The van der Waals surface area contributed by atoms with Crippen molar-refractivity contribution in [3.63, 3.8) is 0 Å². The highest BCUT2D eigenvalue weighted by molar-refractivity contribution is 6.88. The van der Waals surface area contributed by atoms with Crippen LogP contribution in [0.15, 0.2) is 158 Å². The van der Waals surface area contributed by atoms with Crippen LogP contribution in [0.4, 0.5) is 34.1 Å². The molecule has 8 aromatic carbocycles. The molecule has 0 spiro atoms. The predicted octanol–water partition coefficient (Wildman–Crippen LogP) is 11.9. The third kappa shape index (κ3) is 5.06. The summed E-state index contributed by atoms with van der Waals surface area (Å²) in [5.74, 6) is 0. The van der Waals surface area contributed by atoms with Crippen molar-refractivity contribution in [3.05, 3.63) is 163 Å². The fourth-order valence-corrected chi connectivity index (χ4v) is 8.14. The Hall–Kier alpha value is -5.89. The SMILES string of the molecule is C[Si](C)(C)c1cccc(N(c2ccc(C#N)cc2)c2ccc3ccc4c(N(c5ccccc5)c5ccccc5)ccc5ccc2c3c54)c1. The standard InChI is InChI=1S/C44H35N3Si/c1-48(2,3)38-16-10-15-37(29-38)47(36-23-17-31(30-45)18-24-36)42-28-22-33-19-25-39-41(27-21-32-20-26-40(42)44(33)43(32)39)46(34-11-6-4-7-12-34)35-13-8-5-9-14-35/h4-29H,1-3H3. The highest BCUT2D eigenvalue weighted by Crippen LogP contribution is 2.47. The second-order valence-electron chi connectivity index (χ2n) is 13.4. The average Bonchev–Trinajstić information content (AvgIpc) is 3.13. The fraction of sp³-hybridized carbons (Fsp3) is 0.0682. The zero-order valence-corrected chi connectivity index (χ0v) is 28.4. The minimum absolute atomic E-state index is 0.652. The van der Waals surface area contributed by atoms with Crippen LogP contribution in [0.3, 0.4) is 0 Å². The van der Waals surface area contributed by atoms with Crippen LogP contribution in [0.1, 0.15) is 5.56 Å². The number of anilines is 6. The van der Waals surface area contributed by atoms with Crippen LogP contribution in [0.5, 0.6) is 0 Å². The summed E-state index contributed by atoms with van der Waals surface area (Å²) in [5.41, 5.74) is 7.29. The van der Waals surface area contributed by atoms with Gasteiger partial charge in [-0.25, -0.2) is 0 Å². The Morgan fingerprint density at radius 3 is 1.42 bits per heavy atom. The zero-order valence-electron chi connectivity index (χ0n) is 27.4. The minimum Gasteiger partial charge on any atom is -0.310 e. The van der Waals surface area contributed by atoms with Crippen LogP contribution in [0.25, 0.3) is 32.3 Å². The van der Waals surface area contributed by atoms with Gasteiger partial charge in [0.2, 0.25) is 0 Å². The maximum absolute atomic E-state index is 9.57. The average molecular weight is 634 g/mol. The van der Waals surface area contributed by atoms with Gasteiger partial charge in [-0.15, -0.1) is 0 Å². The van der Waals surface area contributed by atoms with Crippen molar-refractivity contribution in [2.75, 3.05) is 9.80 Å². The van der Waals surface area contributed by atoms with E-state index in [1.54, 1.807) is 0 Å². The van der Waals surface area contributed by atoms with E-state index in [0.29, 0.717) is 5.56 Å². The molecule has 0 aliphatic rings. The van der Waals surface area contributed by atoms with E-state index >= 15 is 0 Å². The van der Waals surface area contributed by atoms with Gasteiger partial charge in [-0.3, -0.25) is 0 Å². The summed E-state index contributed by atoms with van der Waals surface area (Å²) in [4.78, 5) is 4.72. The van der Waals surface area contributed by atoms with E-state index in [0.717, 1.165) is 34.1 Å². The number of hydrogen-bond donors (Lipinski definition) is 0. The van der Waals surface area contributed by atoms with Gasteiger partial charge < -0.3 is 9.80 Å². The highest BCUT2D eigenvalue weighted by atomic mass is 28.3. The Balaban J connectivity index is 1.40. The molecule has 4 heteroatoms. The summed E-state index contributed by atoms with van der Waals surface area (Å²) < 4.78 is 0. The molecule has 0 aliphatic carbocycles. The van der Waals surface area contributed by atoms with Gasteiger partial charge in [0.1, 0.15) is 0 Å². The molecule has 8 aromatic rings. The summed E-state index contributed by atoms with van der Waals surface area (Å²) in [6.07, 6.45) is 0. The minimum atomic E-state index is -1.58. The Morgan fingerprint density at radius 1 is 0.458 bits per heavy atom. The van der Waals surface area contributed by atoms with Crippen LogP contribution in [-0.2, 0) is 0 Å². The van der Waals surface area contributed by atoms with Crippen molar-refractivity contribution in [3.8, 4) is 6.07 Å². The van der Waals surface area contributed by atoms with E-state index in [4.69, 9.17) is 0 Å². The van der Waals surface area contributed by atoms with Gasteiger partial charge >= 0.3 is 0 Å². The predicted molar refractivity (Wildman–Crippen MR) is 207 cm³/mol. The van der Waals surface area contributed by atoms with Crippen molar-refractivity contribution < 1.29 is 0 Å². The van der Waals surface area contributed by atoms with Gasteiger partial charge in [-0.05, 0) is 94.3 Å². The van der Waals surface area contributed by atoms with Gasteiger partial charge in [-0.2, -0.15) is 5.26 Å². The lowest BCUT2D eigenvalue weighted by Gasteiger charge is -2.30. The molecule has 0 N–H and O–H groups in total. The third-order valence-electron chi connectivity index (χ3n) is 9.35. The molecule has 8 rings (SSSR count). The maximum atomic E-state index is 9.57. The molecule has 0 saturated carbocycles. The zero-order chi connectivity index (χ0) is 32.8. The molecule has 0 amide bonds. The number of nitrogens with zero attached hydrogens (tertiary/aromatic N) is 3. The molecular weight excluding hydrogens is 599 g/mol. The quantitative estimate of drug-likeness (QED) is 0.129. The molecule has 0 aliphatic heterocycles. The third-order valence-corrected chi connectivity index (χ3v) is 11.4. The van der Waals surface area contributed by atoms with Crippen LogP contribution in [0, 0.1) is 11.3 Å². The van der Waals surface area contributed by atoms with E-state index < -0.39 is 8.07 Å². The molecule has 3 nitrogen and oxygen atoms in total. The van der Waals surface area contributed by atoms with E-state index in [1.807, 2.05) is 12.1 Å². The van der Waals surface area contributed by atoms with Crippen LogP contribution in [0.2, 0.25) is 19.6 Å². The first-order valence-corrected chi connectivity index (χ1v) is 19.9. The van der Waals surface area contributed by atoms with Crippen molar-refractivity contribution in [2.24, 2.45) is 0 Å². The number of para-hydroxylation sites is 2.